The maximum absolute atomic E-state index is 11.8. The Morgan fingerprint density at radius 1 is 1.26 bits per heavy atom. The van der Waals surface area contributed by atoms with Crippen LogP contribution in [0.2, 0.25) is 0 Å². The third-order valence-electron chi connectivity index (χ3n) is 4.51. The number of rotatable bonds is 3. The fourth-order valence-corrected chi connectivity index (χ4v) is 3.04. The molecule has 2 aliphatic heterocycles. The van der Waals surface area contributed by atoms with Gasteiger partial charge in [-0.25, -0.2) is 0 Å². The molecule has 0 radical (unpaired) electrons. The van der Waals surface area contributed by atoms with Gasteiger partial charge in [-0.05, 0) is 12.8 Å². The lowest BCUT2D eigenvalue weighted by atomic mass is 9.87. The summed E-state index contributed by atoms with van der Waals surface area (Å²) in [5.74, 6) is 1.00. The second-order valence-electron chi connectivity index (χ2n) is 7.45. The zero-order valence-electron chi connectivity index (χ0n) is 14.8. The highest BCUT2D eigenvalue weighted by Gasteiger charge is 2.42. The predicted molar refractivity (Wildman–Crippen MR) is 103 cm³/mol. The Hall–Kier alpha value is -0.570. The molecular formula is C16H31IN4O2. The van der Waals surface area contributed by atoms with Gasteiger partial charge in [0.2, 0.25) is 5.91 Å². The summed E-state index contributed by atoms with van der Waals surface area (Å²) >= 11 is 0. The first-order valence-electron chi connectivity index (χ1n) is 8.18. The molecule has 2 heterocycles. The summed E-state index contributed by atoms with van der Waals surface area (Å²) in [4.78, 5) is 18.5. The third kappa shape index (κ3) is 5.48. The zero-order chi connectivity index (χ0) is 16.2. The van der Waals surface area contributed by atoms with Crippen molar-refractivity contribution in [3.8, 4) is 0 Å². The molecule has 1 unspecified atom stereocenters. The van der Waals surface area contributed by atoms with Crippen molar-refractivity contribution in [3.05, 3.63) is 0 Å². The van der Waals surface area contributed by atoms with Crippen LogP contribution in [0.3, 0.4) is 0 Å². The quantitative estimate of drug-likeness (QED) is 0.303. The molecule has 2 fully saturated rings. The van der Waals surface area contributed by atoms with Gasteiger partial charge < -0.3 is 20.3 Å². The molecule has 0 aromatic carbocycles. The molecule has 2 N–H and O–H groups in total. The molecule has 0 aliphatic carbocycles. The van der Waals surface area contributed by atoms with Crippen LogP contribution in [-0.2, 0) is 9.53 Å². The topological polar surface area (TPSA) is 66.0 Å². The fraction of sp³-hybridized carbons (Fsp3) is 0.875. The average molecular weight is 438 g/mol. The lowest BCUT2D eigenvalue weighted by Crippen LogP contribution is -2.45. The van der Waals surface area contributed by atoms with E-state index >= 15 is 0 Å². The lowest BCUT2D eigenvalue weighted by Gasteiger charge is -2.25. The highest BCUT2D eigenvalue weighted by atomic mass is 127. The van der Waals surface area contributed by atoms with E-state index in [1.54, 1.807) is 0 Å². The van der Waals surface area contributed by atoms with Crippen molar-refractivity contribution < 1.29 is 9.53 Å². The van der Waals surface area contributed by atoms with Crippen LogP contribution in [0, 0.1) is 10.8 Å². The second kappa shape index (κ2) is 8.50. The number of guanidine groups is 1. The maximum atomic E-state index is 11.8. The summed E-state index contributed by atoms with van der Waals surface area (Å²) in [7, 11) is 1.81. The molecule has 6 nitrogen and oxygen atoms in total. The van der Waals surface area contributed by atoms with Crippen molar-refractivity contribution >= 4 is 35.8 Å². The first kappa shape index (κ1) is 20.5. The molecule has 134 valence electrons. The van der Waals surface area contributed by atoms with Gasteiger partial charge in [0.05, 0.1) is 6.61 Å². The van der Waals surface area contributed by atoms with Crippen LogP contribution in [0.25, 0.3) is 0 Å². The largest absolute Gasteiger partial charge is 0.381 e. The number of nitrogens with zero attached hydrogens (tertiary/aromatic N) is 2. The summed E-state index contributed by atoms with van der Waals surface area (Å²) < 4.78 is 5.57. The number of likely N-dealkylation sites (tertiary alicyclic amines) is 1. The van der Waals surface area contributed by atoms with E-state index in [1.807, 2.05) is 27.8 Å². The zero-order valence-corrected chi connectivity index (χ0v) is 17.1. The molecule has 2 aliphatic rings. The smallest absolute Gasteiger partial charge is 0.225 e. The summed E-state index contributed by atoms with van der Waals surface area (Å²) in [6.07, 6.45) is 2.33. The van der Waals surface area contributed by atoms with Crippen LogP contribution in [-0.4, -0.2) is 63.2 Å². The highest BCUT2D eigenvalue weighted by Crippen LogP contribution is 2.38. The second-order valence-corrected chi connectivity index (χ2v) is 7.45. The molecule has 23 heavy (non-hydrogen) atoms. The summed E-state index contributed by atoms with van der Waals surface area (Å²) in [5.41, 5.74) is -0.0104. The van der Waals surface area contributed by atoms with Gasteiger partial charge in [-0.2, -0.15) is 0 Å². The predicted octanol–water partition coefficient (Wildman–Crippen LogP) is 1.45. The van der Waals surface area contributed by atoms with E-state index in [1.165, 1.54) is 6.42 Å². The SMILES string of the molecule is CN=C(NCCNC(=O)C(C)(C)C)N1CCC2(CCOC2)C1.I. The summed E-state index contributed by atoms with van der Waals surface area (Å²) in [6.45, 7) is 10.9. The van der Waals surface area contributed by atoms with Crippen molar-refractivity contribution in [2.45, 2.75) is 33.6 Å². The minimum Gasteiger partial charge on any atom is -0.381 e. The number of ether oxygens (including phenoxy) is 1. The van der Waals surface area contributed by atoms with Crippen LogP contribution >= 0.6 is 24.0 Å². The van der Waals surface area contributed by atoms with Crippen molar-refractivity contribution in [3.63, 3.8) is 0 Å². The molecular weight excluding hydrogens is 407 g/mol. The van der Waals surface area contributed by atoms with E-state index in [9.17, 15) is 4.79 Å². The minimum absolute atomic E-state index is 0. The Labute approximate surface area is 156 Å². The molecule has 7 heteroatoms. The average Bonchev–Trinajstić information content (AvgIpc) is 3.08. The normalized spacial score (nSPS) is 24.7. The van der Waals surface area contributed by atoms with Crippen LogP contribution in [0.5, 0.6) is 0 Å². The molecule has 0 aromatic rings. The van der Waals surface area contributed by atoms with Crippen molar-refractivity contribution in [2.75, 3.05) is 46.4 Å². The van der Waals surface area contributed by atoms with E-state index in [4.69, 9.17) is 4.74 Å². The molecule has 2 saturated heterocycles. The molecule has 2 rings (SSSR count). The number of nitrogens with one attached hydrogen (secondary N) is 2. The molecule has 0 bridgehead atoms. The number of aliphatic imine (C=N–C) groups is 1. The van der Waals surface area contributed by atoms with Crippen LogP contribution in [0.4, 0.5) is 0 Å². The van der Waals surface area contributed by atoms with Gasteiger partial charge in [-0.1, -0.05) is 20.8 Å². The Kier molecular flexibility index (Phi) is 7.57. The molecule has 0 aromatic heterocycles. The van der Waals surface area contributed by atoms with Gasteiger partial charge in [-0.3, -0.25) is 9.79 Å². The van der Waals surface area contributed by atoms with Crippen molar-refractivity contribution in [1.82, 2.24) is 15.5 Å². The number of amides is 1. The standard InChI is InChI=1S/C16H30N4O2.HI/c1-15(2,3)13(21)18-7-8-19-14(17-4)20-9-5-16(11-20)6-10-22-12-16;/h5-12H2,1-4H3,(H,17,19)(H,18,21);1H. The van der Waals surface area contributed by atoms with Crippen LogP contribution < -0.4 is 10.6 Å². The Bertz CT molecular complexity index is 428. The summed E-state index contributed by atoms with van der Waals surface area (Å²) in [6, 6.07) is 0. The van der Waals surface area contributed by atoms with Gasteiger partial charge in [0.15, 0.2) is 5.96 Å². The van der Waals surface area contributed by atoms with Gasteiger partial charge in [0.25, 0.3) is 0 Å². The minimum atomic E-state index is -0.342. The van der Waals surface area contributed by atoms with Gasteiger partial charge >= 0.3 is 0 Å². The van der Waals surface area contributed by atoms with Gasteiger partial charge in [0.1, 0.15) is 0 Å². The highest BCUT2D eigenvalue weighted by molar-refractivity contribution is 14.0. The summed E-state index contributed by atoms with van der Waals surface area (Å²) in [5, 5.41) is 6.29. The monoisotopic (exact) mass is 438 g/mol. The first-order valence-corrected chi connectivity index (χ1v) is 8.18. The van der Waals surface area contributed by atoms with E-state index in [0.717, 1.165) is 38.7 Å². The lowest BCUT2D eigenvalue weighted by molar-refractivity contribution is -0.128. The number of halogens is 1. The van der Waals surface area contributed by atoms with Crippen LogP contribution in [0.1, 0.15) is 33.6 Å². The van der Waals surface area contributed by atoms with E-state index in [-0.39, 0.29) is 35.3 Å². The van der Waals surface area contributed by atoms with Crippen LogP contribution in [0.15, 0.2) is 4.99 Å². The number of hydrogen-bond donors (Lipinski definition) is 2. The van der Waals surface area contributed by atoms with Crippen molar-refractivity contribution in [2.24, 2.45) is 15.8 Å². The number of hydrogen-bond acceptors (Lipinski definition) is 3. The van der Waals surface area contributed by atoms with E-state index < -0.39 is 0 Å². The number of carbonyl (C=O) groups excluding carboxylic acids is 1. The van der Waals surface area contributed by atoms with E-state index in [0.29, 0.717) is 18.5 Å². The van der Waals surface area contributed by atoms with E-state index in [2.05, 4.69) is 20.5 Å². The van der Waals surface area contributed by atoms with Gasteiger partial charge in [-0.15, -0.1) is 24.0 Å². The molecule has 1 atom stereocenters. The maximum Gasteiger partial charge on any atom is 0.225 e. The fourth-order valence-electron chi connectivity index (χ4n) is 3.04. The molecule has 0 saturated carbocycles. The van der Waals surface area contributed by atoms with Gasteiger partial charge in [0, 0.05) is 50.7 Å². The first-order chi connectivity index (χ1) is 10.4. The molecule has 1 amide bonds. The Balaban J connectivity index is 0.00000264. The molecule has 1 spiro atoms. The third-order valence-corrected chi connectivity index (χ3v) is 4.51. The Morgan fingerprint density at radius 3 is 2.52 bits per heavy atom. The van der Waals surface area contributed by atoms with Crippen molar-refractivity contribution in [1.29, 1.82) is 0 Å². The number of carbonyl (C=O) groups is 1. The Morgan fingerprint density at radius 2 is 1.96 bits per heavy atom.